The standard InChI is InChI=1S/C28H34N2O2/c1-20(2)30(28(31)24-8-6-5-7-9-24)17-25-16-29(18-26-15-12-22(4)32-26)19-27(25)23-13-10-21(3)11-14-23/h5-15,20,25,27H,16-19H2,1-4H3/t25-,27+/m1/s1. The van der Waals surface area contributed by atoms with Gasteiger partial charge in [0.1, 0.15) is 11.5 Å². The normalized spacial score (nSPS) is 18.9. The predicted octanol–water partition coefficient (Wildman–Crippen LogP) is 5.66. The Hall–Kier alpha value is -2.85. The van der Waals surface area contributed by atoms with Gasteiger partial charge in [-0.25, -0.2) is 0 Å². The van der Waals surface area contributed by atoms with Gasteiger partial charge < -0.3 is 9.32 Å². The maximum atomic E-state index is 13.3. The first-order chi connectivity index (χ1) is 15.4. The molecule has 4 rings (SSSR count). The van der Waals surface area contributed by atoms with Gasteiger partial charge in [0.15, 0.2) is 0 Å². The molecule has 1 aromatic heterocycles. The summed E-state index contributed by atoms with van der Waals surface area (Å²) in [6.45, 7) is 11.8. The molecule has 0 radical (unpaired) electrons. The summed E-state index contributed by atoms with van der Waals surface area (Å²) in [5.74, 6) is 2.82. The highest BCUT2D eigenvalue weighted by Gasteiger charge is 2.36. The maximum Gasteiger partial charge on any atom is 0.254 e. The van der Waals surface area contributed by atoms with Crippen molar-refractivity contribution in [3.05, 3.63) is 94.9 Å². The summed E-state index contributed by atoms with van der Waals surface area (Å²) in [5, 5.41) is 0. The van der Waals surface area contributed by atoms with E-state index in [4.69, 9.17) is 4.42 Å². The second kappa shape index (κ2) is 9.74. The highest BCUT2D eigenvalue weighted by Crippen LogP contribution is 2.35. The molecule has 0 saturated carbocycles. The number of carbonyl (C=O) groups excluding carboxylic acids is 1. The molecule has 1 aliphatic heterocycles. The van der Waals surface area contributed by atoms with Gasteiger partial charge in [-0.15, -0.1) is 0 Å². The molecule has 1 saturated heterocycles. The second-order valence-electron chi connectivity index (χ2n) is 9.40. The summed E-state index contributed by atoms with van der Waals surface area (Å²) in [5.41, 5.74) is 3.39. The number of aryl methyl sites for hydroxylation is 2. The molecule has 32 heavy (non-hydrogen) atoms. The Morgan fingerprint density at radius 3 is 2.34 bits per heavy atom. The Labute approximate surface area is 191 Å². The third kappa shape index (κ3) is 5.13. The molecule has 1 aliphatic rings. The first-order valence-electron chi connectivity index (χ1n) is 11.6. The zero-order valence-electron chi connectivity index (χ0n) is 19.6. The summed E-state index contributed by atoms with van der Waals surface area (Å²) in [6.07, 6.45) is 0. The van der Waals surface area contributed by atoms with Crippen molar-refractivity contribution in [1.29, 1.82) is 0 Å². The zero-order valence-corrected chi connectivity index (χ0v) is 19.6. The van der Waals surface area contributed by atoms with Crippen molar-refractivity contribution in [2.24, 2.45) is 5.92 Å². The topological polar surface area (TPSA) is 36.7 Å². The third-order valence-electron chi connectivity index (χ3n) is 6.53. The number of rotatable bonds is 7. The van der Waals surface area contributed by atoms with Gasteiger partial charge in [0.2, 0.25) is 0 Å². The molecular weight excluding hydrogens is 396 g/mol. The van der Waals surface area contributed by atoms with Crippen molar-refractivity contribution in [3.63, 3.8) is 0 Å². The van der Waals surface area contributed by atoms with Crippen LogP contribution in [0.1, 0.15) is 52.8 Å². The van der Waals surface area contributed by atoms with E-state index in [1.165, 1.54) is 11.1 Å². The molecule has 0 unspecified atom stereocenters. The predicted molar refractivity (Wildman–Crippen MR) is 129 cm³/mol. The number of carbonyl (C=O) groups is 1. The maximum absolute atomic E-state index is 13.3. The minimum atomic E-state index is 0.114. The van der Waals surface area contributed by atoms with E-state index in [9.17, 15) is 4.79 Å². The van der Waals surface area contributed by atoms with Crippen LogP contribution in [0.25, 0.3) is 0 Å². The molecule has 168 valence electrons. The first kappa shape index (κ1) is 22.3. The number of furan rings is 1. The fraction of sp³-hybridized carbons (Fsp3) is 0.393. The highest BCUT2D eigenvalue weighted by atomic mass is 16.3. The molecule has 3 aromatic rings. The van der Waals surface area contributed by atoms with Gasteiger partial charge in [-0.05, 0) is 63.4 Å². The summed E-state index contributed by atoms with van der Waals surface area (Å²) in [6, 6.07) is 22.8. The van der Waals surface area contributed by atoms with Crippen LogP contribution in [-0.4, -0.2) is 41.4 Å². The van der Waals surface area contributed by atoms with Crippen LogP contribution in [0.2, 0.25) is 0 Å². The van der Waals surface area contributed by atoms with Crippen molar-refractivity contribution in [2.75, 3.05) is 19.6 Å². The number of amides is 1. The lowest BCUT2D eigenvalue weighted by Gasteiger charge is -2.32. The van der Waals surface area contributed by atoms with E-state index in [1.807, 2.05) is 48.2 Å². The summed E-state index contributed by atoms with van der Waals surface area (Å²) >= 11 is 0. The van der Waals surface area contributed by atoms with Gasteiger partial charge in [-0.2, -0.15) is 0 Å². The third-order valence-corrected chi connectivity index (χ3v) is 6.53. The fourth-order valence-electron chi connectivity index (χ4n) is 4.78. The van der Waals surface area contributed by atoms with Gasteiger partial charge >= 0.3 is 0 Å². The van der Waals surface area contributed by atoms with Crippen molar-refractivity contribution in [3.8, 4) is 0 Å². The van der Waals surface area contributed by atoms with Crippen LogP contribution >= 0.6 is 0 Å². The fourth-order valence-corrected chi connectivity index (χ4v) is 4.78. The molecule has 0 N–H and O–H groups in total. The average Bonchev–Trinajstić information content (AvgIpc) is 3.38. The van der Waals surface area contributed by atoms with Crippen molar-refractivity contribution in [2.45, 2.75) is 46.2 Å². The average molecular weight is 431 g/mol. The van der Waals surface area contributed by atoms with E-state index in [0.29, 0.717) is 11.8 Å². The first-order valence-corrected chi connectivity index (χ1v) is 11.6. The van der Waals surface area contributed by atoms with Gasteiger partial charge in [-0.1, -0.05) is 48.0 Å². The molecule has 1 fully saturated rings. The van der Waals surface area contributed by atoms with Gasteiger partial charge in [0.25, 0.3) is 5.91 Å². The van der Waals surface area contributed by atoms with Crippen LogP contribution in [0.5, 0.6) is 0 Å². The van der Waals surface area contributed by atoms with Crippen LogP contribution in [-0.2, 0) is 6.54 Å². The number of nitrogens with zero attached hydrogens (tertiary/aromatic N) is 2. The molecule has 4 nitrogen and oxygen atoms in total. The van der Waals surface area contributed by atoms with Gasteiger partial charge in [0.05, 0.1) is 6.54 Å². The molecular formula is C28H34N2O2. The zero-order chi connectivity index (χ0) is 22.7. The Morgan fingerprint density at radius 1 is 1.00 bits per heavy atom. The van der Waals surface area contributed by atoms with Crippen molar-refractivity contribution < 1.29 is 9.21 Å². The minimum Gasteiger partial charge on any atom is -0.465 e. The van der Waals surface area contributed by atoms with Crippen LogP contribution in [0, 0.1) is 19.8 Å². The molecule has 2 heterocycles. The summed E-state index contributed by atoms with van der Waals surface area (Å²) in [7, 11) is 0. The molecule has 0 spiro atoms. The van der Waals surface area contributed by atoms with E-state index in [1.54, 1.807) is 0 Å². The number of hydrogen-bond acceptors (Lipinski definition) is 3. The van der Waals surface area contributed by atoms with Crippen LogP contribution in [0.4, 0.5) is 0 Å². The Bertz CT molecular complexity index is 1020. The monoisotopic (exact) mass is 430 g/mol. The van der Waals surface area contributed by atoms with Gasteiger partial charge in [-0.3, -0.25) is 9.69 Å². The van der Waals surface area contributed by atoms with Crippen molar-refractivity contribution >= 4 is 5.91 Å². The number of likely N-dealkylation sites (tertiary alicyclic amines) is 1. The van der Waals surface area contributed by atoms with E-state index < -0.39 is 0 Å². The van der Waals surface area contributed by atoms with Crippen LogP contribution in [0.15, 0.2) is 71.1 Å². The smallest absolute Gasteiger partial charge is 0.254 e. The lowest BCUT2D eigenvalue weighted by atomic mass is 9.88. The largest absolute Gasteiger partial charge is 0.465 e. The van der Waals surface area contributed by atoms with Gasteiger partial charge in [0, 0.05) is 37.2 Å². The minimum absolute atomic E-state index is 0.114. The molecule has 2 atom stereocenters. The second-order valence-corrected chi connectivity index (χ2v) is 9.40. The van der Waals surface area contributed by atoms with Crippen LogP contribution in [0.3, 0.4) is 0 Å². The summed E-state index contributed by atoms with van der Waals surface area (Å²) in [4.78, 5) is 17.8. The Kier molecular flexibility index (Phi) is 6.80. The van der Waals surface area contributed by atoms with E-state index in [0.717, 1.165) is 43.3 Å². The Balaban J connectivity index is 1.57. The summed E-state index contributed by atoms with van der Waals surface area (Å²) < 4.78 is 5.85. The van der Waals surface area contributed by atoms with E-state index in [-0.39, 0.29) is 11.9 Å². The van der Waals surface area contributed by atoms with E-state index in [2.05, 4.69) is 56.0 Å². The molecule has 0 aliphatic carbocycles. The van der Waals surface area contributed by atoms with Crippen LogP contribution < -0.4 is 0 Å². The van der Waals surface area contributed by atoms with Crippen molar-refractivity contribution in [1.82, 2.24) is 9.80 Å². The lowest BCUT2D eigenvalue weighted by molar-refractivity contribution is 0.0668. The van der Waals surface area contributed by atoms with E-state index >= 15 is 0 Å². The number of benzene rings is 2. The Morgan fingerprint density at radius 2 is 1.72 bits per heavy atom. The molecule has 4 heteroatoms. The number of hydrogen-bond donors (Lipinski definition) is 0. The molecule has 2 aromatic carbocycles. The lowest BCUT2D eigenvalue weighted by Crippen LogP contribution is -2.42. The molecule has 1 amide bonds. The SMILES string of the molecule is Cc1ccc([C@@H]2CN(Cc3ccc(C)o3)C[C@@H]2CN(C(=O)c2ccccc2)C(C)C)cc1. The molecule has 0 bridgehead atoms. The quantitative estimate of drug-likeness (QED) is 0.485. The highest BCUT2D eigenvalue weighted by molar-refractivity contribution is 5.94.